The minimum absolute atomic E-state index is 0.0226. The maximum Gasteiger partial charge on any atom is 0.305 e. The van der Waals surface area contributed by atoms with Crippen molar-refractivity contribution in [3.8, 4) is 0 Å². The molecule has 0 rings (SSSR count). The molecule has 0 aromatic heterocycles. The van der Waals surface area contributed by atoms with Crippen molar-refractivity contribution >= 4 is 11.9 Å². The lowest BCUT2D eigenvalue weighted by Gasteiger charge is -2.22. The SMILES string of the molecule is CCCCCCCCCCCCCCCCCCCCCC(=O)OCCCCCCCCCCCCCCCCCCCCCCCCCCCC(=O)NC(CO)C(O)CCCCCCCCCCCCCCCCCC. The van der Waals surface area contributed by atoms with Crippen LogP contribution in [0.3, 0.4) is 0 Å². The van der Waals surface area contributed by atoms with Crippen LogP contribution in [0.25, 0.3) is 0 Å². The van der Waals surface area contributed by atoms with Crippen molar-refractivity contribution in [2.75, 3.05) is 13.2 Å². The summed E-state index contributed by atoms with van der Waals surface area (Å²) in [5, 5.41) is 23.4. The molecule has 0 aliphatic rings. The first-order valence-corrected chi connectivity index (χ1v) is 35.8. The number of aliphatic hydroxyl groups excluding tert-OH is 2. The van der Waals surface area contributed by atoms with Crippen LogP contribution in [0, 0.1) is 0 Å². The molecule has 0 saturated carbocycles. The highest BCUT2D eigenvalue weighted by Crippen LogP contribution is 2.20. The largest absolute Gasteiger partial charge is 0.466 e. The minimum Gasteiger partial charge on any atom is -0.466 e. The fourth-order valence-corrected chi connectivity index (χ4v) is 11.7. The number of hydrogen-bond acceptors (Lipinski definition) is 5. The number of nitrogens with one attached hydrogen (secondary N) is 1. The summed E-state index contributed by atoms with van der Waals surface area (Å²) in [6.07, 6.45) is 81.5. The molecule has 2 atom stereocenters. The maximum absolute atomic E-state index is 12.5. The zero-order valence-corrected chi connectivity index (χ0v) is 52.7. The van der Waals surface area contributed by atoms with Gasteiger partial charge in [0.25, 0.3) is 0 Å². The van der Waals surface area contributed by atoms with Crippen LogP contribution in [0.2, 0.25) is 0 Å². The third-order valence-corrected chi connectivity index (χ3v) is 17.2. The molecular formula is C71H141NO5. The molecule has 6 nitrogen and oxygen atoms in total. The van der Waals surface area contributed by atoms with Crippen LogP contribution in [0.5, 0.6) is 0 Å². The first kappa shape index (κ1) is 75.9. The number of carbonyl (C=O) groups excluding carboxylic acids is 2. The highest BCUT2D eigenvalue weighted by atomic mass is 16.5. The Morgan fingerprint density at radius 3 is 0.792 bits per heavy atom. The molecule has 0 aliphatic heterocycles. The maximum atomic E-state index is 12.5. The summed E-state index contributed by atoms with van der Waals surface area (Å²) in [5.41, 5.74) is 0. The van der Waals surface area contributed by atoms with E-state index in [1.165, 1.54) is 347 Å². The molecule has 0 saturated heterocycles. The number of carbonyl (C=O) groups is 2. The predicted molar refractivity (Wildman–Crippen MR) is 338 cm³/mol. The average Bonchev–Trinajstić information content (AvgIpc) is 3.43. The van der Waals surface area contributed by atoms with Crippen molar-refractivity contribution in [2.24, 2.45) is 0 Å². The second-order valence-electron chi connectivity index (χ2n) is 24.9. The minimum atomic E-state index is -0.662. The van der Waals surface area contributed by atoms with E-state index in [0.717, 1.165) is 38.5 Å². The Balaban J connectivity index is 3.32. The van der Waals surface area contributed by atoms with Gasteiger partial charge in [-0.05, 0) is 25.7 Å². The summed E-state index contributed by atoms with van der Waals surface area (Å²) in [6.45, 7) is 5.01. The van der Waals surface area contributed by atoms with Crippen LogP contribution < -0.4 is 5.32 Å². The second-order valence-corrected chi connectivity index (χ2v) is 24.9. The summed E-state index contributed by atoms with van der Waals surface area (Å²) in [5.74, 6) is -0.00634. The Labute approximate surface area is 483 Å². The molecular weight excluding hydrogens is 947 g/mol. The Bertz CT molecular complexity index is 1120. The zero-order chi connectivity index (χ0) is 55.7. The van der Waals surface area contributed by atoms with E-state index < -0.39 is 12.1 Å². The van der Waals surface area contributed by atoms with Gasteiger partial charge < -0.3 is 20.3 Å². The first-order chi connectivity index (χ1) is 38.0. The van der Waals surface area contributed by atoms with Crippen LogP contribution >= 0.6 is 0 Å². The van der Waals surface area contributed by atoms with Crippen molar-refractivity contribution in [3.63, 3.8) is 0 Å². The fraction of sp³-hybridized carbons (Fsp3) is 0.972. The van der Waals surface area contributed by atoms with Crippen molar-refractivity contribution in [1.82, 2.24) is 5.32 Å². The molecule has 6 heteroatoms. The van der Waals surface area contributed by atoms with E-state index in [1.807, 2.05) is 0 Å². The van der Waals surface area contributed by atoms with E-state index in [4.69, 9.17) is 4.74 Å². The third kappa shape index (κ3) is 63.9. The van der Waals surface area contributed by atoms with E-state index in [9.17, 15) is 19.8 Å². The Kier molecular flexibility index (Phi) is 66.4. The summed E-state index contributed by atoms with van der Waals surface area (Å²) in [7, 11) is 0. The molecule has 0 aromatic rings. The quantitative estimate of drug-likeness (QED) is 0.0417. The lowest BCUT2D eigenvalue weighted by molar-refractivity contribution is -0.143. The van der Waals surface area contributed by atoms with Gasteiger partial charge in [-0.25, -0.2) is 0 Å². The topological polar surface area (TPSA) is 95.9 Å². The number of aliphatic hydroxyl groups is 2. The van der Waals surface area contributed by atoms with Crippen LogP contribution in [-0.4, -0.2) is 47.4 Å². The number of hydrogen-bond donors (Lipinski definition) is 3. The number of rotatable bonds is 68. The lowest BCUT2D eigenvalue weighted by atomic mass is 10.0. The fourth-order valence-electron chi connectivity index (χ4n) is 11.7. The van der Waals surface area contributed by atoms with Gasteiger partial charge in [0, 0.05) is 12.8 Å². The van der Waals surface area contributed by atoms with Crippen LogP contribution in [0.4, 0.5) is 0 Å². The summed E-state index contributed by atoms with van der Waals surface area (Å²) >= 11 is 0. The first-order valence-electron chi connectivity index (χ1n) is 35.8. The molecule has 0 bridgehead atoms. The van der Waals surface area contributed by atoms with Crippen molar-refractivity contribution in [2.45, 2.75) is 431 Å². The zero-order valence-electron chi connectivity index (χ0n) is 52.7. The van der Waals surface area contributed by atoms with Gasteiger partial charge >= 0.3 is 5.97 Å². The number of unbranched alkanes of at least 4 members (excludes halogenated alkanes) is 57. The standard InChI is InChI=1S/C71H141NO5/c1-3-5-7-9-11-13-15-17-19-21-29-33-37-41-45-49-53-57-61-65-71(76)77-66-62-58-54-50-46-42-38-34-31-28-26-24-22-23-25-27-30-32-36-40-44-48-52-56-60-64-70(75)72-68(67-73)69(74)63-59-55-51-47-43-39-35-20-18-16-14-12-10-8-6-4-2/h68-69,73-74H,3-67H2,1-2H3,(H,72,75). The summed E-state index contributed by atoms with van der Waals surface area (Å²) in [4.78, 5) is 24.6. The molecule has 3 N–H and O–H groups in total. The van der Waals surface area contributed by atoms with Gasteiger partial charge in [0.2, 0.25) is 5.91 Å². The summed E-state index contributed by atoms with van der Waals surface area (Å²) < 4.78 is 5.52. The molecule has 0 spiro atoms. The van der Waals surface area contributed by atoms with Crippen molar-refractivity contribution in [1.29, 1.82) is 0 Å². The Hall–Kier alpha value is -1.14. The lowest BCUT2D eigenvalue weighted by Crippen LogP contribution is -2.45. The van der Waals surface area contributed by atoms with E-state index >= 15 is 0 Å². The van der Waals surface area contributed by atoms with Crippen LogP contribution in [-0.2, 0) is 14.3 Å². The normalized spacial score (nSPS) is 12.4. The third-order valence-electron chi connectivity index (χ3n) is 17.2. The molecule has 0 aliphatic carbocycles. The van der Waals surface area contributed by atoms with Crippen molar-refractivity contribution < 1.29 is 24.5 Å². The average molecular weight is 1090 g/mol. The van der Waals surface area contributed by atoms with Crippen LogP contribution in [0.1, 0.15) is 418 Å². The molecule has 2 unspecified atom stereocenters. The van der Waals surface area contributed by atoms with Gasteiger partial charge in [-0.15, -0.1) is 0 Å². The second kappa shape index (κ2) is 67.4. The molecule has 77 heavy (non-hydrogen) atoms. The Morgan fingerprint density at radius 2 is 0.532 bits per heavy atom. The monoisotopic (exact) mass is 1090 g/mol. The van der Waals surface area contributed by atoms with E-state index in [1.54, 1.807) is 0 Å². The van der Waals surface area contributed by atoms with Gasteiger partial charge in [-0.2, -0.15) is 0 Å². The smallest absolute Gasteiger partial charge is 0.305 e. The van der Waals surface area contributed by atoms with Crippen molar-refractivity contribution in [3.05, 3.63) is 0 Å². The number of esters is 1. The van der Waals surface area contributed by atoms with E-state index in [-0.39, 0.29) is 18.5 Å². The van der Waals surface area contributed by atoms with Gasteiger partial charge in [0.05, 0.1) is 25.4 Å². The molecule has 0 fully saturated rings. The highest BCUT2D eigenvalue weighted by Gasteiger charge is 2.20. The molecule has 0 aromatic carbocycles. The Morgan fingerprint density at radius 1 is 0.312 bits per heavy atom. The van der Waals surface area contributed by atoms with Crippen LogP contribution in [0.15, 0.2) is 0 Å². The summed E-state index contributed by atoms with van der Waals surface area (Å²) in [6, 6.07) is -0.539. The van der Waals surface area contributed by atoms with Gasteiger partial charge in [-0.1, -0.05) is 380 Å². The highest BCUT2D eigenvalue weighted by molar-refractivity contribution is 5.76. The predicted octanol–water partition coefficient (Wildman–Crippen LogP) is 23.0. The molecule has 1 amide bonds. The molecule has 460 valence electrons. The van der Waals surface area contributed by atoms with Gasteiger partial charge in [-0.3, -0.25) is 9.59 Å². The van der Waals surface area contributed by atoms with E-state index in [2.05, 4.69) is 19.2 Å². The molecule has 0 heterocycles. The van der Waals surface area contributed by atoms with E-state index in [0.29, 0.717) is 25.9 Å². The van der Waals surface area contributed by atoms with Gasteiger partial charge in [0.15, 0.2) is 0 Å². The number of ether oxygens (including phenoxy) is 1. The number of amides is 1. The molecule has 0 radical (unpaired) electrons. The van der Waals surface area contributed by atoms with Gasteiger partial charge in [0.1, 0.15) is 0 Å².